The Morgan fingerprint density at radius 3 is 2.54 bits per heavy atom. The van der Waals surface area contributed by atoms with Crippen molar-refractivity contribution in [3.8, 4) is 6.07 Å². The number of hydrogen-bond donors (Lipinski definition) is 3. The zero-order valence-electron chi connectivity index (χ0n) is 22.0. The van der Waals surface area contributed by atoms with Crippen molar-refractivity contribution in [1.29, 1.82) is 5.26 Å². The van der Waals surface area contributed by atoms with Gasteiger partial charge < -0.3 is 20.9 Å². The highest BCUT2D eigenvalue weighted by molar-refractivity contribution is 7.80. The first-order valence-electron chi connectivity index (χ1n) is 13.5. The lowest BCUT2D eigenvalue weighted by molar-refractivity contribution is 0.232. The van der Waals surface area contributed by atoms with E-state index in [9.17, 15) is 10.1 Å². The number of nitrogens with one attached hydrogen (secondary N) is 3. The molecule has 2 aliphatic heterocycles. The topological polar surface area (TPSA) is 83.4 Å². The first kappa shape index (κ1) is 26.7. The summed E-state index contributed by atoms with van der Waals surface area (Å²) in [7, 11) is 0. The predicted octanol–water partition coefficient (Wildman–Crippen LogP) is 4.65. The molecule has 39 heavy (non-hydrogen) atoms. The molecule has 2 amide bonds. The molecule has 0 aromatic heterocycles. The number of rotatable bonds is 7. The van der Waals surface area contributed by atoms with Crippen molar-refractivity contribution in [2.75, 3.05) is 25.0 Å². The number of urea groups is 1. The lowest BCUT2D eigenvalue weighted by Crippen LogP contribution is -2.54. The molecule has 7 nitrogen and oxygen atoms in total. The average molecular weight is 539 g/mol. The van der Waals surface area contributed by atoms with Gasteiger partial charge in [-0.15, -0.1) is 0 Å². The van der Waals surface area contributed by atoms with Crippen LogP contribution in [0, 0.1) is 11.3 Å². The average Bonchev–Trinajstić information content (AvgIpc) is 3.41. The first-order chi connectivity index (χ1) is 19.1. The molecule has 2 aliphatic rings. The van der Waals surface area contributed by atoms with E-state index in [4.69, 9.17) is 12.2 Å². The summed E-state index contributed by atoms with van der Waals surface area (Å²) in [5.74, 6) is 0. The number of hydrogen-bond acceptors (Lipinski definition) is 4. The standard InChI is InChI=1S/C31H34N6OS/c32-18-23-8-6-9-24(16-23)21-36-15-7-14-28(36)19-34-31(39)37-22-26-11-5-4-10-25(26)17-29(37)20-33-30(38)35-27-12-2-1-3-13-27/h1-6,8-13,16,28-29H,7,14-15,17,19-22H2,(H,34,39)(H2,33,35,38)/t28-,29+/m1/s1. The number of amides is 2. The summed E-state index contributed by atoms with van der Waals surface area (Å²) < 4.78 is 0. The van der Waals surface area contributed by atoms with Crippen LogP contribution in [-0.2, 0) is 19.5 Å². The lowest BCUT2D eigenvalue weighted by Gasteiger charge is -2.39. The van der Waals surface area contributed by atoms with Crippen LogP contribution in [0.4, 0.5) is 10.5 Å². The third kappa shape index (κ3) is 6.94. The van der Waals surface area contributed by atoms with Gasteiger partial charge >= 0.3 is 6.03 Å². The normalized spacial score (nSPS) is 18.6. The highest BCUT2D eigenvalue weighted by atomic mass is 32.1. The molecule has 3 N–H and O–H groups in total. The third-order valence-electron chi connectivity index (χ3n) is 7.58. The SMILES string of the molecule is N#Cc1cccc(CN2CCC[C@@H]2CNC(=S)N2Cc3ccccc3C[C@H]2CNC(=O)Nc2ccccc2)c1. The van der Waals surface area contributed by atoms with Gasteiger partial charge in [0.1, 0.15) is 0 Å². The fraction of sp³-hybridized carbons (Fsp3) is 0.323. The molecule has 0 aliphatic carbocycles. The Morgan fingerprint density at radius 2 is 1.72 bits per heavy atom. The number of benzene rings is 3. The van der Waals surface area contributed by atoms with Gasteiger partial charge in [-0.25, -0.2) is 4.79 Å². The van der Waals surface area contributed by atoms with E-state index >= 15 is 0 Å². The van der Waals surface area contributed by atoms with E-state index in [0.717, 1.165) is 55.3 Å². The molecule has 0 radical (unpaired) electrons. The molecule has 0 saturated carbocycles. The molecular formula is C31H34N6OS. The molecule has 2 atom stereocenters. The molecule has 0 bridgehead atoms. The molecule has 5 rings (SSSR count). The van der Waals surface area contributed by atoms with Gasteiger partial charge in [0.2, 0.25) is 0 Å². The minimum atomic E-state index is -0.221. The van der Waals surface area contributed by atoms with E-state index in [1.165, 1.54) is 11.1 Å². The summed E-state index contributed by atoms with van der Waals surface area (Å²) in [6.45, 7) is 3.83. The molecular weight excluding hydrogens is 504 g/mol. The van der Waals surface area contributed by atoms with Crippen LogP contribution in [0.5, 0.6) is 0 Å². The van der Waals surface area contributed by atoms with E-state index in [1.807, 2.05) is 48.5 Å². The van der Waals surface area contributed by atoms with Gasteiger partial charge in [0.05, 0.1) is 17.7 Å². The molecule has 0 spiro atoms. The highest BCUT2D eigenvalue weighted by Gasteiger charge is 2.30. The van der Waals surface area contributed by atoms with Gasteiger partial charge in [-0.1, -0.05) is 54.6 Å². The van der Waals surface area contributed by atoms with Crippen molar-refractivity contribution in [3.63, 3.8) is 0 Å². The minimum Gasteiger partial charge on any atom is -0.361 e. The van der Waals surface area contributed by atoms with Crippen molar-refractivity contribution in [2.45, 2.75) is 44.4 Å². The maximum atomic E-state index is 12.6. The fourth-order valence-corrected chi connectivity index (χ4v) is 5.83. The molecule has 2 heterocycles. The van der Waals surface area contributed by atoms with Gasteiger partial charge in [-0.05, 0) is 79.0 Å². The Balaban J connectivity index is 1.20. The van der Waals surface area contributed by atoms with E-state index < -0.39 is 0 Å². The van der Waals surface area contributed by atoms with E-state index in [0.29, 0.717) is 24.7 Å². The Labute approximate surface area is 235 Å². The van der Waals surface area contributed by atoms with Crippen LogP contribution in [0.3, 0.4) is 0 Å². The Hall–Kier alpha value is -3.93. The van der Waals surface area contributed by atoms with Gasteiger partial charge in [0.15, 0.2) is 5.11 Å². The summed E-state index contributed by atoms with van der Waals surface area (Å²) in [4.78, 5) is 17.3. The molecule has 8 heteroatoms. The summed E-state index contributed by atoms with van der Waals surface area (Å²) in [6, 6.07) is 28.2. The number of nitrogens with zero attached hydrogens (tertiary/aromatic N) is 3. The number of thiocarbonyl (C=S) groups is 1. The Kier molecular flexibility index (Phi) is 8.71. The smallest absolute Gasteiger partial charge is 0.319 e. The monoisotopic (exact) mass is 538 g/mol. The zero-order chi connectivity index (χ0) is 27.0. The highest BCUT2D eigenvalue weighted by Crippen LogP contribution is 2.24. The second-order valence-corrected chi connectivity index (χ2v) is 10.6. The maximum absolute atomic E-state index is 12.6. The second kappa shape index (κ2) is 12.7. The molecule has 1 fully saturated rings. The summed E-state index contributed by atoms with van der Waals surface area (Å²) in [5.41, 5.74) is 5.19. The van der Waals surface area contributed by atoms with Crippen LogP contribution < -0.4 is 16.0 Å². The molecule has 1 saturated heterocycles. The van der Waals surface area contributed by atoms with E-state index in [1.54, 1.807) is 0 Å². The van der Waals surface area contributed by atoms with Crippen LogP contribution in [0.15, 0.2) is 78.9 Å². The number of fused-ring (bicyclic) bond motifs is 1. The van der Waals surface area contributed by atoms with Crippen molar-refractivity contribution in [2.24, 2.45) is 0 Å². The number of anilines is 1. The van der Waals surface area contributed by atoms with E-state index in [-0.39, 0.29) is 12.1 Å². The summed E-state index contributed by atoms with van der Waals surface area (Å²) in [5, 5.41) is 19.5. The van der Waals surface area contributed by atoms with Gasteiger partial charge in [0.25, 0.3) is 0 Å². The van der Waals surface area contributed by atoms with Crippen molar-refractivity contribution in [3.05, 3.63) is 101 Å². The zero-order valence-corrected chi connectivity index (χ0v) is 22.8. The number of likely N-dealkylation sites (tertiary alicyclic amines) is 1. The van der Waals surface area contributed by atoms with Crippen LogP contribution in [0.25, 0.3) is 0 Å². The van der Waals surface area contributed by atoms with Crippen LogP contribution >= 0.6 is 12.2 Å². The van der Waals surface area contributed by atoms with E-state index in [2.05, 4.69) is 62.2 Å². The van der Waals surface area contributed by atoms with Crippen LogP contribution in [0.2, 0.25) is 0 Å². The van der Waals surface area contributed by atoms with Crippen molar-refractivity contribution < 1.29 is 4.79 Å². The lowest BCUT2D eigenvalue weighted by atomic mass is 9.94. The largest absolute Gasteiger partial charge is 0.361 e. The second-order valence-electron chi connectivity index (χ2n) is 10.2. The summed E-state index contributed by atoms with van der Waals surface area (Å²) in [6.07, 6.45) is 3.08. The quantitative estimate of drug-likeness (QED) is 0.380. The molecule has 3 aromatic rings. The van der Waals surface area contributed by atoms with Gasteiger partial charge in [-0.3, -0.25) is 4.90 Å². The fourth-order valence-electron chi connectivity index (χ4n) is 5.53. The number of para-hydroxylation sites is 1. The Bertz CT molecular complexity index is 1340. The Morgan fingerprint density at radius 1 is 0.949 bits per heavy atom. The van der Waals surface area contributed by atoms with Gasteiger partial charge in [0, 0.05) is 37.9 Å². The number of carbonyl (C=O) groups excluding carboxylic acids is 1. The number of carbonyl (C=O) groups is 1. The molecule has 200 valence electrons. The van der Waals surface area contributed by atoms with Crippen molar-refractivity contribution >= 4 is 29.0 Å². The number of nitriles is 1. The first-order valence-corrected chi connectivity index (χ1v) is 13.9. The van der Waals surface area contributed by atoms with Crippen molar-refractivity contribution in [1.82, 2.24) is 20.4 Å². The predicted molar refractivity (Wildman–Crippen MR) is 158 cm³/mol. The van der Waals surface area contributed by atoms with Crippen LogP contribution in [0.1, 0.15) is 35.1 Å². The van der Waals surface area contributed by atoms with Gasteiger partial charge in [-0.2, -0.15) is 5.26 Å². The minimum absolute atomic E-state index is 0.0508. The summed E-state index contributed by atoms with van der Waals surface area (Å²) >= 11 is 5.93. The maximum Gasteiger partial charge on any atom is 0.319 e. The van der Waals surface area contributed by atoms with Crippen LogP contribution in [-0.4, -0.2) is 52.7 Å². The third-order valence-corrected chi connectivity index (χ3v) is 7.95. The molecule has 0 unspecified atom stereocenters. The molecule has 3 aromatic carbocycles.